The van der Waals surface area contributed by atoms with Gasteiger partial charge in [0.2, 0.25) is 5.95 Å². The van der Waals surface area contributed by atoms with Gasteiger partial charge < -0.3 is 34.2 Å². The number of rotatable bonds is 6. The highest BCUT2D eigenvalue weighted by atomic mass is 16.6. The number of carbonyl (C=O) groups excluding carboxylic acids is 1. The van der Waals surface area contributed by atoms with E-state index in [0.29, 0.717) is 43.5 Å². The van der Waals surface area contributed by atoms with Crippen LogP contribution >= 0.6 is 0 Å². The molecule has 4 unspecified atom stereocenters. The van der Waals surface area contributed by atoms with Gasteiger partial charge in [0.05, 0.1) is 38.1 Å². The first kappa shape index (κ1) is 31.0. The van der Waals surface area contributed by atoms with Crippen LogP contribution in [-0.4, -0.2) is 126 Å². The summed E-state index contributed by atoms with van der Waals surface area (Å²) in [6, 6.07) is 0.138. The lowest BCUT2D eigenvalue weighted by Crippen LogP contribution is -2.67. The first-order valence-corrected chi connectivity index (χ1v) is 16.5. The molecule has 11 nitrogen and oxygen atoms in total. The Balaban J connectivity index is 1.15. The number of carbonyl (C=O) groups is 1. The van der Waals surface area contributed by atoms with Crippen molar-refractivity contribution in [3.63, 3.8) is 0 Å². The van der Waals surface area contributed by atoms with E-state index in [2.05, 4.69) is 44.7 Å². The van der Waals surface area contributed by atoms with Crippen molar-refractivity contribution in [1.29, 1.82) is 0 Å². The number of likely N-dealkylation sites (N-methyl/N-ethyl adjacent to an activating group) is 1. The lowest BCUT2D eigenvalue weighted by atomic mass is 9.44. The Kier molecular flexibility index (Phi) is 8.15. The van der Waals surface area contributed by atoms with Crippen molar-refractivity contribution >= 4 is 18.0 Å². The zero-order chi connectivity index (χ0) is 31.4. The maximum Gasteiger partial charge on any atom is 0.343 e. The summed E-state index contributed by atoms with van der Waals surface area (Å²) in [6.45, 7) is 11.7. The largest absolute Gasteiger partial charge is 0.423 e. The van der Waals surface area contributed by atoms with Crippen molar-refractivity contribution in [3.8, 4) is 0 Å². The molecule has 2 N–H and O–H groups in total. The summed E-state index contributed by atoms with van der Waals surface area (Å²) in [4.78, 5) is 29.1. The zero-order valence-corrected chi connectivity index (χ0v) is 26.7. The van der Waals surface area contributed by atoms with Crippen LogP contribution in [0.2, 0.25) is 0 Å². The number of aliphatic hydroxyl groups is 2. The minimum absolute atomic E-state index is 0.00720. The minimum atomic E-state index is -0.621. The Bertz CT molecular complexity index is 1360. The van der Waals surface area contributed by atoms with Crippen molar-refractivity contribution in [2.75, 3.05) is 77.6 Å². The molecule has 6 aliphatic rings. The SMILES string of the molecule is CN1CCN(c2ncc(C=C3C=C(C=CC4C5(CO5)C(N5CCOCC5)CC5[C@]4(C)CC[C@@H](O)[C@@]5(C)CO)C(=O)O3)cn2)CC1. The predicted molar refractivity (Wildman–Crippen MR) is 168 cm³/mol. The van der Waals surface area contributed by atoms with Gasteiger partial charge in [-0.1, -0.05) is 26.0 Å². The highest BCUT2D eigenvalue weighted by Gasteiger charge is 2.71. The van der Waals surface area contributed by atoms with Gasteiger partial charge in [-0.3, -0.25) is 4.90 Å². The third-order valence-electron chi connectivity index (χ3n) is 11.8. The number of allylic oxidation sites excluding steroid dienone is 1. The van der Waals surface area contributed by atoms with E-state index in [1.54, 1.807) is 24.5 Å². The second kappa shape index (κ2) is 11.8. The van der Waals surface area contributed by atoms with Gasteiger partial charge in [0.25, 0.3) is 0 Å². The highest BCUT2D eigenvalue weighted by molar-refractivity contribution is 5.96. The van der Waals surface area contributed by atoms with Gasteiger partial charge in [-0.2, -0.15) is 0 Å². The molecular weight excluding hydrogens is 574 g/mol. The lowest BCUT2D eigenvalue weighted by Gasteiger charge is -2.63. The molecule has 2 saturated carbocycles. The smallest absolute Gasteiger partial charge is 0.343 e. The molecule has 0 amide bonds. The number of aliphatic hydroxyl groups excluding tert-OH is 2. The van der Waals surface area contributed by atoms with E-state index >= 15 is 0 Å². The number of cyclic esters (lactones) is 1. The summed E-state index contributed by atoms with van der Waals surface area (Å²) in [5.41, 5.74) is 0.0344. The fraction of sp³-hybridized carbons (Fsp3) is 0.676. The second-order valence-corrected chi connectivity index (χ2v) is 14.4. The van der Waals surface area contributed by atoms with Crippen LogP contribution < -0.4 is 4.90 Å². The Labute approximate surface area is 265 Å². The molecule has 5 heterocycles. The molecule has 7 rings (SSSR count). The molecule has 7 atom stereocenters. The van der Waals surface area contributed by atoms with E-state index in [9.17, 15) is 15.0 Å². The average Bonchev–Trinajstić information content (AvgIpc) is 3.75. The summed E-state index contributed by atoms with van der Waals surface area (Å²) in [7, 11) is 2.12. The van der Waals surface area contributed by atoms with E-state index in [0.717, 1.165) is 57.7 Å². The summed E-state index contributed by atoms with van der Waals surface area (Å²) in [6.07, 6.45) is 12.9. The van der Waals surface area contributed by atoms with E-state index in [1.807, 2.05) is 13.0 Å². The van der Waals surface area contributed by atoms with Crippen molar-refractivity contribution in [3.05, 3.63) is 47.5 Å². The van der Waals surface area contributed by atoms with Crippen LogP contribution in [0.1, 0.15) is 38.7 Å². The number of nitrogens with zero attached hydrogens (tertiary/aromatic N) is 5. The number of esters is 1. The molecule has 4 aliphatic heterocycles. The van der Waals surface area contributed by atoms with E-state index in [4.69, 9.17) is 14.2 Å². The van der Waals surface area contributed by atoms with Crippen LogP contribution in [-0.2, 0) is 19.0 Å². The maximum absolute atomic E-state index is 13.0. The van der Waals surface area contributed by atoms with Crippen LogP contribution in [0.25, 0.3) is 6.08 Å². The molecule has 45 heavy (non-hydrogen) atoms. The third kappa shape index (κ3) is 5.45. The number of ether oxygens (including phenoxy) is 3. The van der Waals surface area contributed by atoms with Gasteiger partial charge in [-0.05, 0) is 49.8 Å². The Morgan fingerprint density at radius 1 is 1.09 bits per heavy atom. The molecule has 0 bridgehead atoms. The molecule has 1 aromatic heterocycles. The first-order chi connectivity index (χ1) is 21.7. The second-order valence-electron chi connectivity index (χ2n) is 14.4. The van der Waals surface area contributed by atoms with Crippen LogP contribution in [0.3, 0.4) is 0 Å². The van der Waals surface area contributed by atoms with Crippen molar-refractivity contribution in [2.24, 2.45) is 22.7 Å². The Morgan fingerprint density at radius 3 is 2.47 bits per heavy atom. The molecule has 3 saturated heterocycles. The number of hydrogen-bond acceptors (Lipinski definition) is 11. The molecular formula is C34H47N5O6. The maximum atomic E-state index is 13.0. The molecule has 0 aromatic carbocycles. The van der Waals surface area contributed by atoms with Crippen LogP contribution in [0, 0.1) is 22.7 Å². The summed E-state index contributed by atoms with van der Waals surface area (Å²) < 4.78 is 17.8. The van der Waals surface area contributed by atoms with Gasteiger partial charge in [0.1, 0.15) is 11.4 Å². The van der Waals surface area contributed by atoms with E-state index in [-0.39, 0.29) is 41.5 Å². The topological polar surface area (TPSA) is 124 Å². The predicted octanol–water partition coefficient (Wildman–Crippen LogP) is 1.87. The van der Waals surface area contributed by atoms with Crippen molar-refractivity contribution in [2.45, 2.75) is 50.9 Å². The molecule has 0 radical (unpaired) electrons. The molecule has 5 fully saturated rings. The van der Waals surface area contributed by atoms with Crippen molar-refractivity contribution in [1.82, 2.24) is 19.8 Å². The number of piperazine rings is 1. The number of anilines is 1. The Hall–Kier alpha value is -2.67. The molecule has 2 aliphatic carbocycles. The highest BCUT2D eigenvalue weighted by Crippen LogP contribution is 2.66. The van der Waals surface area contributed by atoms with E-state index < -0.39 is 11.5 Å². The van der Waals surface area contributed by atoms with Crippen molar-refractivity contribution < 1.29 is 29.2 Å². The quantitative estimate of drug-likeness (QED) is 0.358. The first-order valence-electron chi connectivity index (χ1n) is 16.5. The molecule has 244 valence electrons. The molecule has 1 spiro atoms. The van der Waals surface area contributed by atoms with Crippen LogP contribution in [0.4, 0.5) is 5.95 Å². The molecule has 11 heteroatoms. The monoisotopic (exact) mass is 621 g/mol. The summed E-state index contributed by atoms with van der Waals surface area (Å²) in [5.74, 6) is 0.851. The number of aromatic nitrogens is 2. The lowest BCUT2D eigenvalue weighted by molar-refractivity contribution is -0.186. The van der Waals surface area contributed by atoms with Gasteiger partial charge >= 0.3 is 5.97 Å². The number of morpholine rings is 1. The summed E-state index contributed by atoms with van der Waals surface area (Å²) in [5, 5.41) is 21.8. The van der Waals surface area contributed by atoms with Crippen LogP contribution in [0.15, 0.2) is 42.0 Å². The normalized spacial score (nSPS) is 40.2. The zero-order valence-electron chi connectivity index (χ0n) is 26.7. The summed E-state index contributed by atoms with van der Waals surface area (Å²) >= 11 is 0. The van der Waals surface area contributed by atoms with E-state index in [1.165, 1.54) is 0 Å². The third-order valence-corrected chi connectivity index (χ3v) is 11.8. The van der Waals surface area contributed by atoms with Gasteiger partial charge in [-0.25, -0.2) is 14.8 Å². The van der Waals surface area contributed by atoms with Gasteiger partial charge in [-0.15, -0.1) is 0 Å². The minimum Gasteiger partial charge on any atom is -0.423 e. The number of hydrogen-bond donors (Lipinski definition) is 2. The Morgan fingerprint density at radius 2 is 1.80 bits per heavy atom. The van der Waals surface area contributed by atoms with Gasteiger partial charge in [0.15, 0.2) is 0 Å². The molecule has 1 aromatic rings. The van der Waals surface area contributed by atoms with Gasteiger partial charge in [0, 0.05) is 74.6 Å². The van der Waals surface area contributed by atoms with Crippen LogP contribution in [0.5, 0.6) is 0 Å². The fourth-order valence-electron chi connectivity index (χ4n) is 8.97. The number of epoxide rings is 1. The standard InChI is InChI=1S/C34H47N5O6/c1-32-7-6-29(41)33(2,21-40)27(32)18-28(38-12-14-43-15-13-38)34(22-44-34)26(32)5-4-24-17-25(45-30(24)42)16-23-19-35-31(36-20-23)39-10-8-37(3)9-11-39/h4-5,16-17,19-20,26-29,40-41H,6-15,18,21-22H2,1-3H3/t26?,27?,28?,29-,32-,33+,34?/m1/s1. The number of fused-ring (bicyclic) bond motifs is 1. The average molecular weight is 622 g/mol. The fourth-order valence-corrected chi connectivity index (χ4v) is 8.97.